The fourth-order valence-corrected chi connectivity index (χ4v) is 3.82. The first kappa shape index (κ1) is 18.2. The van der Waals surface area contributed by atoms with E-state index in [0.29, 0.717) is 17.4 Å². The number of carbonyl (C=O) groups excluding carboxylic acids is 1. The van der Waals surface area contributed by atoms with Crippen LogP contribution < -0.4 is 16.3 Å². The van der Waals surface area contributed by atoms with Crippen LogP contribution in [0.4, 0.5) is 11.5 Å². The van der Waals surface area contributed by atoms with Crippen molar-refractivity contribution < 1.29 is 4.79 Å². The highest BCUT2D eigenvalue weighted by molar-refractivity contribution is 5.93. The van der Waals surface area contributed by atoms with E-state index in [1.165, 1.54) is 17.4 Å². The van der Waals surface area contributed by atoms with Crippen molar-refractivity contribution in [3.05, 3.63) is 64.6 Å². The normalized spacial score (nSPS) is 14.3. The number of hydrogen-bond donors (Lipinski definition) is 2. The topological polar surface area (TPSA) is 76.0 Å². The minimum Gasteiger partial charge on any atom is -0.367 e. The highest BCUT2D eigenvalue weighted by atomic mass is 16.2. The van der Waals surface area contributed by atoms with E-state index in [9.17, 15) is 9.59 Å². The van der Waals surface area contributed by atoms with Gasteiger partial charge in [-0.05, 0) is 49.6 Å². The fraction of sp³-hybridized carbons (Fsp3) is 0.318. The summed E-state index contributed by atoms with van der Waals surface area (Å²) in [4.78, 5) is 29.5. The zero-order valence-electron chi connectivity index (χ0n) is 15.9. The van der Waals surface area contributed by atoms with Crippen LogP contribution in [0, 0.1) is 6.92 Å². The minimum atomic E-state index is -0.418. The van der Waals surface area contributed by atoms with Crippen LogP contribution in [0.3, 0.4) is 0 Å². The number of aromatic nitrogens is 2. The van der Waals surface area contributed by atoms with Crippen LogP contribution in [0.1, 0.15) is 31.2 Å². The summed E-state index contributed by atoms with van der Waals surface area (Å²) in [5.41, 5.74) is 2.07. The second kappa shape index (κ2) is 7.84. The maximum absolute atomic E-state index is 12.7. The summed E-state index contributed by atoms with van der Waals surface area (Å²) < 4.78 is 1.43. The van der Waals surface area contributed by atoms with Gasteiger partial charge in [0, 0.05) is 17.1 Å². The summed E-state index contributed by atoms with van der Waals surface area (Å²) in [7, 11) is 0. The monoisotopic (exact) mass is 376 g/mol. The van der Waals surface area contributed by atoms with Gasteiger partial charge in [-0.25, -0.2) is 4.79 Å². The smallest absolute Gasteiger partial charge is 0.350 e. The Bertz CT molecular complexity index is 1070. The molecule has 1 saturated carbocycles. The molecule has 1 amide bonds. The molecule has 2 aromatic carbocycles. The molecule has 0 unspecified atom stereocenters. The maximum atomic E-state index is 12.7. The molecule has 4 rings (SSSR count). The lowest BCUT2D eigenvalue weighted by Gasteiger charge is -2.17. The van der Waals surface area contributed by atoms with E-state index in [1.54, 1.807) is 0 Å². The molecule has 1 aromatic heterocycles. The summed E-state index contributed by atoms with van der Waals surface area (Å²) >= 11 is 0. The van der Waals surface area contributed by atoms with Gasteiger partial charge in [0.25, 0.3) is 0 Å². The van der Waals surface area contributed by atoms with Crippen LogP contribution in [-0.4, -0.2) is 21.5 Å². The van der Waals surface area contributed by atoms with Gasteiger partial charge in [-0.1, -0.05) is 37.1 Å². The third-order valence-corrected chi connectivity index (χ3v) is 5.19. The van der Waals surface area contributed by atoms with Crippen molar-refractivity contribution in [1.82, 2.24) is 9.55 Å². The number of aryl methyl sites for hydroxylation is 1. The number of rotatable bonds is 5. The van der Waals surface area contributed by atoms with Gasteiger partial charge >= 0.3 is 5.69 Å². The molecule has 0 radical (unpaired) electrons. The van der Waals surface area contributed by atoms with Gasteiger partial charge in [-0.3, -0.25) is 9.36 Å². The molecule has 0 saturated heterocycles. The first-order chi connectivity index (χ1) is 13.6. The van der Waals surface area contributed by atoms with Crippen molar-refractivity contribution in [3.63, 3.8) is 0 Å². The van der Waals surface area contributed by atoms with E-state index in [0.717, 1.165) is 29.5 Å². The summed E-state index contributed by atoms with van der Waals surface area (Å²) in [6, 6.07) is 15.5. The van der Waals surface area contributed by atoms with Crippen molar-refractivity contribution in [3.8, 4) is 0 Å². The second-order valence-corrected chi connectivity index (χ2v) is 7.39. The van der Waals surface area contributed by atoms with Gasteiger partial charge in [0.05, 0.1) is 5.52 Å². The average Bonchev–Trinajstić information content (AvgIpc) is 3.18. The molecule has 1 fully saturated rings. The van der Waals surface area contributed by atoms with Crippen LogP contribution in [0.2, 0.25) is 0 Å². The summed E-state index contributed by atoms with van der Waals surface area (Å²) in [6.07, 6.45) is 4.59. The zero-order valence-corrected chi connectivity index (χ0v) is 15.9. The van der Waals surface area contributed by atoms with Gasteiger partial charge in [-0.2, -0.15) is 4.98 Å². The number of fused-ring (bicyclic) bond motifs is 1. The van der Waals surface area contributed by atoms with Crippen molar-refractivity contribution >= 4 is 28.3 Å². The predicted octanol–water partition coefficient (Wildman–Crippen LogP) is 3.70. The van der Waals surface area contributed by atoms with Gasteiger partial charge < -0.3 is 10.6 Å². The van der Waals surface area contributed by atoms with Crippen LogP contribution in [0.15, 0.2) is 53.3 Å². The molecule has 6 nitrogen and oxygen atoms in total. The molecule has 1 aliphatic carbocycles. The Labute approximate surface area is 163 Å². The van der Waals surface area contributed by atoms with Crippen LogP contribution in [0.25, 0.3) is 10.9 Å². The lowest BCUT2D eigenvalue weighted by molar-refractivity contribution is -0.116. The van der Waals surface area contributed by atoms with Gasteiger partial charge in [0.15, 0.2) is 0 Å². The maximum Gasteiger partial charge on any atom is 0.350 e. The molecule has 0 atom stereocenters. The standard InChI is InChI=1S/C22H24N4O2/c1-15-7-6-10-17(13-15)23-20(27)14-26-19-12-5-4-11-18(19)21(25-22(26)28)24-16-8-2-3-9-16/h4-7,10-13,16H,2-3,8-9,14H2,1H3,(H,23,27)(H,24,25,28). The molecule has 1 heterocycles. The number of nitrogens with zero attached hydrogens (tertiary/aromatic N) is 2. The number of carbonyl (C=O) groups is 1. The Morgan fingerprint density at radius 1 is 1.14 bits per heavy atom. The number of hydrogen-bond acceptors (Lipinski definition) is 4. The SMILES string of the molecule is Cc1cccc(NC(=O)Cn2c(=O)nc(NC3CCCC3)c3ccccc32)c1. The first-order valence-electron chi connectivity index (χ1n) is 9.73. The second-order valence-electron chi connectivity index (χ2n) is 7.39. The van der Waals surface area contributed by atoms with E-state index >= 15 is 0 Å². The Morgan fingerprint density at radius 3 is 2.71 bits per heavy atom. The molecule has 0 bridgehead atoms. The number of anilines is 2. The number of benzene rings is 2. The summed E-state index contributed by atoms with van der Waals surface area (Å²) in [6.45, 7) is 1.89. The van der Waals surface area contributed by atoms with Gasteiger partial charge in [0.1, 0.15) is 12.4 Å². The molecule has 0 spiro atoms. The molecule has 3 aromatic rings. The zero-order chi connectivity index (χ0) is 19.5. The van der Waals surface area contributed by atoms with E-state index in [1.807, 2.05) is 55.5 Å². The molecular weight excluding hydrogens is 352 g/mol. The van der Waals surface area contributed by atoms with Crippen molar-refractivity contribution in [2.75, 3.05) is 10.6 Å². The first-order valence-corrected chi connectivity index (χ1v) is 9.73. The summed E-state index contributed by atoms with van der Waals surface area (Å²) in [5, 5.41) is 7.14. The molecule has 28 heavy (non-hydrogen) atoms. The van der Waals surface area contributed by atoms with Gasteiger partial charge in [0.2, 0.25) is 5.91 Å². The molecular formula is C22H24N4O2. The lowest BCUT2D eigenvalue weighted by Crippen LogP contribution is -2.31. The minimum absolute atomic E-state index is 0.0794. The fourth-order valence-electron chi connectivity index (χ4n) is 3.82. The van der Waals surface area contributed by atoms with E-state index < -0.39 is 5.69 Å². The Hall–Kier alpha value is -3.15. The van der Waals surface area contributed by atoms with Crippen LogP contribution >= 0.6 is 0 Å². The third-order valence-electron chi connectivity index (χ3n) is 5.19. The number of amides is 1. The Kier molecular flexibility index (Phi) is 5.10. The Morgan fingerprint density at radius 2 is 1.93 bits per heavy atom. The van der Waals surface area contributed by atoms with Crippen LogP contribution in [-0.2, 0) is 11.3 Å². The highest BCUT2D eigenvalue weighted by Gasteiger charge is 2.18. The highest BCUT2D eigenvalue weighted by Crippen LogP contribution is 2.25. The van der Waals surface area contributed by atoms with Crippen molar-refractivity contribution in [2.45, 2.75) is 45.2 Å². The third kappa shape index (κ3) is 3.91. The number of nitrogens with one attached hydrogen (secondary N) is 2. The van der Waals surface area contributed by atoms with E-state index in [2.05, 4.69) is 15.6 Å². The van der Waals surface area contributed by atoms with Crippen LogP contribution in [0.5, 0.6) is 0 Å². The Balaban J connectivity index is 1.62. The van der Waals surface area contributed by atoms with E-state index in [-0.39, 0.29) is 12.5 Å². The largest absolute Gasteiger partial charge is 0.367 e. The number of para-hydroxylation sites is 1. The van der Waals surface area contributed by atoms with E-state index in [4.69, 9.17) is 0 Å². The molecule has 144 valence electrons. The lowest BCUT2D eigenvalue weighted by atomic mass is 10.2. The predicted molar refractivity (Wildman–Crippen MR) is 112 cm³/mol. The average molecular weight is 376 g/mol. The quantitative estimate of drug-likeness (QED) is 0.712. The molecule has 2 N–H and O–H groups in total. The van der Waals surface area contributed by atoms with Gasteiger partial charge in [-0.15, -0.1) is 0 Å². The summed E-state index contributed by atoms with van der Waals surface area (Å²) in [5.74, 6) is 0.360. The molecule has 1 aliphatic rings. The molecule has 0 aliphatic heterocycles. The molecule has 6 heteroatoms. The van der Waals surface area contributed by atoms with Crippen molar-refractivity contribution in [2.24, 2.45) is 0 Å². The van der Waals surface area contributed by atoms with Crippen molar-refractivity contribution in [1.29, 1.82) is 0 Å².